The molecule has 2 unspecified atom stereocenters. The van der Waals surface area contributed by atoms with E-state index in [1.54, 1.807) is 0 Å². The summed E-state index contributed by atoms with van der Waals surface area (Å²) in [4.78, 5) is 11.1. The second-order valence-electron chi connectivity index (χ2n) is 5.11. The summed E-state index contributed by atoms with van der Waals surface area (Å²) in [5, 5.41) is 17.4. The summed E-state index contributed by atoms with van der Waals surface area (Å²) in [5.41, 5.74) is 0.251. The zero-order chi connectivity index (χ0) is 15.6. The molecule has 21 heavy (non-hydrogen) atoms. The van der Waals surface area contributed by atoms with E-state index in [2.05, 4.69) is 5.32 Å². The van der Waals surface area contributed by atoms with Gasteiger partial charge < -0.3 is 15.2 Å². The predicted octanol–water partition coefficient (Wildman–Crippen LogP) is 0.869. The van der Waals surface area contributed by atoms with Gasteiger partial charge in [0.25, 0.3) is 0 Å². The number of hydrogen-bond acceptors (Lipinski definition) is 5. The van der Waals surface area contributed by atoms with Crippen LogP contribution in [-0.4, -0.2) is 38.7 Å². The molecule has 2 atom stereocenters. The third-order valence-electron chi connectivity index (χ3n) is 3.61. The number of aromatic carboxylic acids is 1. The first kappa shape index (κ1) is 15.7. The van der Waals surface area contributed by atoms with Gasteiger partial charge in [0, 0.05) is 24.3 Å². The minimum Gasteiger partial charge on any atom is -0.478 e. The highest BCUT2D eigenvalue weighted by Gasteiger charge is 2.24. The fourth-order valence-electron chi connectivity index (χ4n) is 2.31. The van der Waals surface area contributed by atoms with Crippen LogP contribution in [0.15, 0.2) is 23.1 Å². The number of nitrogens with one attached hydrogen (secondary N) is 1. The van der Waals surface area contributed by atoms with Crippen LogP contribution >= 0.6 is 0 Å². The Hall–Kier alpha value is -1.64. The van der Waals surface area contributed by atoms with Gasteiger partial charge in [-0.05, 0) is 31.5 Å². The third-order valence-corrected chi connectivity index (χ3v) is 4.52. The summed E-state index contributed by atoms with van der Waals surface area (Å²) >= 11 is 0. The molecule has 0 spiro atoms. The maximum absolute atomic E-state index is 11.3. The molecule has 1 saturated heterocycles. The second kappa shape index (κ2) is 6.00. The molecule has 0 saturated carbocycles. The largest absolute Gasteiger partial charge is 0.478 e. The van der Waals surface area contributed by atoms with Crippen LogP contribution < -0.4 is 10.5 Å². The fraction of sp³-hybridized carbons (Fsp3) is 0.462. The van der Waals surface area contributed by atoms with E-state index in [0.717, 1.165) is 12.5 Å². The van der Waals surface area contributed by atoms with Gasteiger partial charge in [0.2, 0.25) is 10.0 Å². The summed E-state index contributed by atoms with van der Waals surface area (Å²) < 4.78 is 27.9. The van der Waals surface area contributed by atoms with Crippen LogP contribution in [0, 0.1) is 5.92 Å². The highest BCUT2D eigenvalue weighted by Crippen LogP contribution is 2.24. The highest BCUT2D eigenvalue weighted by atomic mass is 32.2. The lowest BCUT2D eigenvalue weighted by Crippen LogP contribution is -2.27. The van der Waals surface area contributed by atoms with Crippen molar-refractivity contribution in [2.45, 2.75) is 24.3 Å². The number of benzene rings is 1. The van der Waals surface area contributed by atoms with Crippen molar-refractivity contribution in [3.05, 3.63) is 23.8 Å². The Labute approximate surface area is 123 Å². The lowest BCUT2D eigenvalue weighted by atomic mass is 10.00. The van der Waals surface area contributed by atoms with Crippen molar-refractivity contribution in [2.24, 2.45) is 11.1 Å². The molecule has 116 valence electrons. The van der Waals surface area contributed by atoms with E-state index < -0.39 is 16.0 Å². The van der Waals surface area contributed by atoms with Gasteiger partial charge in [-0.2, -0.15) is 0 Å². The van der Waals surface area contributed by atoms with Crippen LogP contribution in [0.25, 0.3) is 0 Å². The number of ether oxygens (including phenoxy) is 1. The SMILES string of the molecule is CC(Nc1ccc(S(N)(=O)=O)cc1C(=O)O)C1CCOC1. The standard InChI is InChI=1S/C13H18N2O5S/c1-8(9-4-5-20-7-9)15-12-3-2-10(21(14,18)19)6-11(12)13(16)17/h2-3,6,8-9,15H,4-5,7H2,1H3,(H,16,17)(H2,14,18,19). The Balaban J connectivity index is 2.28. The summed E-state index contributed by atoms with van der Waals surface area (Å²) in [6.45, 7) is 3.28. The minimum absolute atomic E-state index is 0.0194. The molecule has 2 rings (SSSR count). The molecule has 0 bridgehead atoms. The van der Waals surface area contributed by atoms with E-state index in [4.69, 9.17) is 9.88 Å². The smallest absolute Gasteiger partial charge is 0.337 e. The van der Waals surface area contributed by atoms with Crippen LogP contribution in [0.1, 0.15) is 23.7 Å². The van der Waals surface area contributed by atoms with Crippen LogP contribution in [0.3, 0.4) is 0 Å². The van der Waals surface area contributed by atoms with Gasteiger partial charge in [0.1, 0.15) is 0 Å². The van der Waals surface area contributed by atoms with Gasteiger partial charge in [0.15, 0.2) is 0 Å². The molecule has 1 fully saturated rings. The quantitative estimate of drug-likeness (QED) is 0.742. The number of carboxylic acid groups (broad SMARTS) is 1. The molecule has 1 aliphatic rings. The van der Waals surface area contributed by atoms with Gasteiger partial charge in [-0.3, -0.25) is 0 Å². The van der Waals surface area contributed by atoms with E-state index in [0.29, 0.717) is 24.8 Å². The van der Waals surface area contributed by atoms with E-state index in [9.17, 15) is 18.3 Å². The molecular weight excluding hydrogens is 296 g/mol. The van der Waals surface area contributed by atoms with Crippen molar-refractivity contribution in [2.75, 3.05) is 18.5 Å². The number of carbonyl (C=O) groups is 1. The van der Waals surface area contributed by atoms with E-state index >= 15 is 0 Å². The number of primary sulfonamides is 1. The van der Waals surface area contributed by atoms with E-state index in [1.807, 2.05) is 6.92 Å². The van der Waals surface area contributed by atoms with E-state index in [1.165, 1.54) is 12.1 Å². The molecule has 1 aromatic rings. The summed E-state index contributed by atoms with van der Waals surface area (Å²) in [6, 6.07) is 3.81. The Kier molecular flexibility index (Phi) is 4.50. The molecule has 1 heterocycles. The number of hydrogen-bond donors (Lipinski definition) is 3. The molecule has 7 nitrogen and oxygen atoms in total. The second-order valence-corrected chi connectivity index (χ2v) is 6.68. The van der Waals surface area contributed by atoms with Crippen molar-refractivity contribution >= 4 is 21.7 Å². The first-order valence-corrected chi connectivity index (χ1v) is 8.08. The Morgan fingerprint density at radius 3 is 2.76 bits per heavy atom. The fourth-order valence-corrected chi connectivity index (χ4v) is 2.85. The maximum Gasteiger partial charge on any atom is 0.337 e. The number of anilines is 1. The van der Waals surface area contributed by atoms with Gasteiger partial charge in [0.05, 0.1) is 17.1 Å². The number of nitrogens with two attached hydrogens (primary N) is 1. The van der Waals surface area contributed by atoms with Crippen LogP contribution in [0.4, 0.5) is 5.69 Å². The summed E-state index contributed by atoms with van der Waals surface area (Å²) in [7, 11) is -3.93. The number of rotatable bonds is 5. The Morgan fingerprint density at radius 2 is 2.24 bits per heavy atom. The normalized spacial score (nSPS) is 20.2. The van der Waals surface area contributed by atoms with Crippen molar-refractivity contribution in [3.63, 3.8) is 0 Å². The lowest BCUT2D eigenvalue weighted by molar-refractivity contribution is 0.0697. The zero-order valence-corrected chi connectivity index (χ0v) is 12.4. The average molecular weight is 314 g/mol. The molecule has 1 aliphatic heterocycles. The van der Waals surface area contributed by atoms with Crippen molar-refractivity contribution in [3.8, 4) is 0 Å². The first-order valence-electron chi connectivity index (χ1n) is 6.53. The molecule has 0 amide bonds. The topological polar surface area (TPSA) is 119 Å². The summed E-state index contributed by atoms with van der Waals surface area (Å²) in [6.07, 6.45) is 0.909. The van der Waals surface area contributed by atoms with Gasteiger partial charge in [-0.1, -0.05) is 0 Å². The molecule has 1 aromatic carbocycles. The average Bonchev–Trinajstić information content (AvgIpc) is 2.91. The van der Waals surface area contributed by atoms with Crippen molar-refractivity contribution < 1.29 is 23.1 Å². The Bertz CT molecular complexity index is 638. The molecule has 0 aliphatic carbocycles. The molecule has 8 heteroatoms. The molecular formula is C13H18N2O5S. The van der Waals surface area contributed by atoms with Crippen LogP contribution in [0.2, 0.25) is 0 Å². The Morgan fingerprint density at radius 1 is 1.52 bits per heavy atom. The number of carboxylic acids is 1. The lowest BCUT2D eigenvalue weighted by Gasteiger charge is -2.21. The monoisotopic (exact) mass is 314 g/mol. The predicted molar refractivity (Wildman–Crippen MR) is 76.8 cm³/mol. The van der Waals surface area contributed by atoms with Gasteiger partial charge in [-0.25, -0.2) is 18.4 Å². The van der Waals surface area contributed by atoms with Crippen molar-refractivity contribution in [1.82, 2.24) is 0 Å². The van der Waals surface area contributed by atoms with Gasteiger partial charge in [-0.15, -0.1) is 0 Å². The third kappa shape index (κ3) is 3.72. The molecule has 4 N–H and O–H groups in total. The first-order chi connectivity index (χ1) is 9.79. The van der Waals surface area contributed by atoms with E-state index in [-0.39, 0.29) is 16.5 Å². The van der Waals surface area contributed by atoms with Gasteiger partial charge >= 0.3 is 5.97 Å². The molecule has 0 radical (unpaired) electrons. The maximum atomic E-state index is 11.3. The van der Waals surface area contributed by atoms with Crippen LogP contribution in [-0.2, 0) is 14.8 Å². The number of sulfonamides is 1. The minimum atomic E-state index is -3.93. The zero-order valence-electron chi connectivity index (χ0n) is 11.6. The highest BCUT2D eigenvalue weighted by molar-refractivity contribution is 7.89. The summed E-state index contributed by atoms with van der Waals surface area (Å²) in [5.74, 6) is -0.914. The van der Waals surface area contributed by atoms with Crippen molar-refractivity contribution in [1.29, 1.82) is 0 Å². The molecule has 0 aromatic heterocycles. The van der Waals surface area contributed by atoms with Crippen LogP contribution in [0.5, 0.6) is 0 Å².